The highest BCUT2D eigenvalue weighted by molar-refractivity contribution is 7.98. The molecule has 0 radical (unpaired) electrons. The maximum absolute atomic E-state index is 4.43. The second-order valence-electron chi connectivity index (χ2n) is 3.71. The molecule has 0 aliphatic rings. The first-order valence-corrected chi connectivity index (χ1v) is 6.61. The van der Waals surface area contributed by atoms with E-state index in [-0.39, 0.29) is 0 Å². The van der Waals surface area contributed by atoms with Crippen LogP contribution < -0.4 is 5.32 Å². The molecule has 18 heavy (non-hydrogen) atoms. The number of anilines is 1. The third kappa shape index (κ3) is 3.16. The van der Waals surface area contributed by atoms with Crippen molar-refractivity contribution in [2.45, 2.75) is 24.8 Å². The van der Waals surface area contributed by atoms with E-state index in [4.69, 9.17) is 0 Å². The normalized spacial score (nSPS) is 10.6. The molecule has 0 aliphatic heterocycles. The van der Waals surface area contributed by atoms with Gasteiger partial charge in [0.1, 0.15) is 11.6 Å². The first kappa shape index (κ1) is 12.7. The number of thioether (sulfide) groups is 1. The standard InChI is InChI=1S/C10H15N7S/c1-4-11-8-5-7(2)12-9(13-8)6-18-10-14-15-16-17(10)3/h5H,4,6H2,1-3H3,(H,11,12,13). The molecule has 2 aromatic heterocycles. The summed E-state index contributed by atoms with van der Waals surface area (Å²) in [5.74, 6) is 2.28. The molecule has 7 nitrogen and oxygen atoms in total. The molecule has 2 rings (SSSR count). The van der Waals surface area contributed by atoms with Gasteiger partial charge in [-0.05, 0) is 24.3 Å². The van der Waals surface area contributed by atoms with Crippen molar-refractivity contribution in [2.24, 2.45) is 7.05 Å². The van der Waals surface area contributed by atoms with E-state index in [1.54, 1.807) is 4.68 Å². The predicted molar refractivity (Wildman–Crippen MR) is 69.3 cm³/mol. The van der Waals surface area contributed by atoms with Crippen LogP contribution in [-0.2, 0) is 12.8 Å². The zero-order valence-corrected chi connectivity index (χ0v) is 11.4. The number of hydrogen-bond donors (Lipinski definition) is 1. The van der Waals surface area contributed by atoms with Crippen molar-refractivity contribution in [3.63, 3.8) is 0 Å². The summed E-state index contributed by atoms with van der Waals surface area (Å²) in [5, 5.41) is 15.2. The molecule has 0 atom stereocenters. The highest BCUT2D eigenvalue weighted by atomic mass is 32.2. The van der Waals surface area contributed by atoms with Crippen molar-refractivity contribution >= 4 is 17.6 Å². The molecule has 0 aliphatic carbocycles. The lowest BCUT2D eigenvalue weighted by molar-refractivity contribution is 0.664. The predicted octanol–water partition coefficient (Wildman–Crippen LogP) is 1.03. The smallest absolute Gasteiger partial charge is 0.209 e. The largest absolute Gasteiger partial charge is 0.370 e. The third-order valence-corrected chi connectivity index (χ3v) is 3.18. The number of nitrogens with one attached hydrogen (secondary N) is 1. The van der Waals surface area contributed by atoms with Crippen LogP contribution in [0.5, 0.6) is 0 Å². The van der Waals surface area contributed by atoms with Crippen molar-refractivity contribution in [2.75, 3.05) is 11.9 Å². The molecule has 96 valence electrons. The van der Waals surface area contributed by atoms with Gasteiger partial charge in [-0.1, -0.05) is 11.8 Å². The van der Waals surface area contributed by atoms with Crippen molar-refractivity contribution in [1.82, 2.24) is 30.2 Å². The Bertz CT molecular complexity index is 525. The minimum absolute atomic E-state index is 0.647. The van der Waals surface area contributed by atoms with E-state index in [1.165, 1.54) is 11.8 Å². The van der Waals surface area contributed by atoms with Crippen molar-refractivity contribution < 1.29 is 0 Å². The molecule has 0 amide bonds. The Morgan fingerprint density at radius 1 is 1.39 bits per heavy atom. The fourth-order valence-electron chi connectivity index (χ4n) is 1.44. The number of aryl methyl sites for hydroxylation is 2. The van der Waals surface area contributed by atoms with Crippen LogP contribution in [-0.4, -0.2) is 36.7 Å². The summed E-state index contributed by atoms with van der Waals surface area (Å²) in [4.78, 5) is 8.83. The molecule has 0 fully saturated rings. The number of tetrazole rings is 1. The van der Waals surface area contributed by atoms with Gasteiger partial charge in [-0.3, -0.25) is 0 Å². The highest BCUT2D eigenvalue weighted by Gasteiger charge is 2.06. The van der Waals surface area contributed by atoms with Crippen LogP contribution in [0.4, 0.5) is 5.82 Å². The van der Waals surface area contributed by atoms with Gasteiger partial charge in [-0.15, -0.1) is 5.10 Å². The molecule has 0 bridgehead atoms. The number of hydrogen-bond acceptors (Lipinski definition) is 7. The van der Waals surface area contributed by atoms with Crippen LogP contribution in [0, 0.1) is 6.92 Å². The molecule has 2 aromatic rings. The Kier molecular flexibility index (Phi) is 4.08. The average Bonchev–Trinajstić information content (AvgIpc) is 2.72. The molecule has 0 saturated carbocycles. The maximum atomic E-state index is 4.43. The van der Waals surface area contributed by atoms with Crippen LogP contribution in [0.3, 0.4) is 0 Å². The van der Waals surface area contributed by atoms with Gasteiger partial charge in [0.05, 0.1) is 5.75 Å². The molecular weight excluding hydrogens is 250 g/mol. The van der Waals surface area contributed by atoms with Gasteiger partial charge in [-0.25, -0.2) is 14.6 Å². The lowest BCUT2D eigenvalue weighted by atomic mass is 10.4. The van der Waals surface area contributed by atoms with Crippen LogP contribution in [0.2, 0.25) is 0 Å². The average molecular weight is 265 g/mol. The third-order valence-electron chi connectivity index (χ3n) is 2.17. The van der Waals surface area contributed by atoms with Crippen LogP contribution in [0.1, 0.15) is 18.4 Å². The van der Waals surface area contributed by atoms with Crippen molar-refractivity contribution in [1.29, 1.82) is 0 Å². The van der Waals surface area contributed by atoms with Crippen LogP contribution >= 0.6 is 11.8 Å². The molecule has 0 aromatic carbocycles. The quantitative estimate of drug-likeness (QED) is 0.809. The monoisotopic (exact) mass is 265 g/mol. The fourth-order valence-corrected chi connectivity index (χ4v) is 2.14. The summed E-state index contributed by atoms with van der Waals surface area (Å²) < 4.78 is 1.63. The molecule has 2 heterocycles. The lowest BCUT2D eigenvalue weighted by Crippen LogP contribution is -2.04. The van der Waals surface area contributed by atoms with Crippen LogP contribution in [0.15, 0.2) is 11.2 Å². The van der Waals surface area contributed by atoms with Gasteiger partial charge in [0.2, 0.25) is 5.16 Å². The summed E-state index contributed by atoms with van der Waals surface area (Å²) in [7, 11) is 1.81. The van der Waals surface area contributed by atoms with Gasteiger partial charge in [0, 0.05) is 25.4 Å². The molecule has 8 heteroatoms. The molecule has 0 saturated heterocycles. The summed E-state index contributed by atoms with van der Waals surface area (Å²) in [6.45, 7) is 4.84. The minimum atomic E-state index is 0.647. The second-order valence-corrected chi connectivity index (χ2v) is 4.66. The summed E-state index contributed by atoms with van der Waals surface area (Å²) >= 11 is 1.52. The lowest BCUT2D eigenvalue weighted by Gasteiger charge is -2.06. The number of aromatic nitrogens is 6. The SMILES string of the molecule is CCNc1cc(C)nc(CSc2nnnn2C)n1. The summed E-state index contributed by atoms with van der Waals surface area (Å²) in [6, 6.07) is 1.93. The van der Waals surface area contributed by atoms with E-state index in [9.17, 15) is 0 Å². The second kappa shape index (κ2) is 5.76. The number of rotatable bonds is 5. The fraction of sp³-hybridized carbons (Fsp3) is 0.500. The Morgan fingerprint density at radius 2 is 2.22 bits per heavy atom. The molecule has 1 N–H and O–H groups in total. The minimum Gasteiger partial charge on any atom is -0.370 e. The van der Waals surface area contributed by atoms with E-state index >= 15 is 0 Å². The first-order valence-electron chi connectivity index (χ1n) is 5.62. The Labute approximate surface area is 109 Å². The van der Waals surface area contributed by atoms with Gasteiger partial charge >= 0.3 is 0 Å². The summed E-state index contributed by atoms with van der Waals surface area (Å²) in [6.07, 6.45) is 0. The molecular formula is C10H15N7S. The Hall–Kier alpha value is -1.70. The highest BCUT2D eigenvalue weighted by Crippen LogP contribution is 2.18. The van der Waals surface area contributed by atoms with Crippen LogP contribution in [0.25, 0.3) is 0 Å². The Balaban J connectivity index is 2.07. The van der Waals surface area contributed by atoms with E-state index in [1.807, 2.05) is 27.0 Å². The van der Waals surface area contributed by atoms with Crippen molar-refractivity contribution in [3.05, 3.63) is 17.6 Å². The number of nitrogens with zero attached hydrogens (tertiary/aromatic N) is 6. The topological polar surface area (TPSA) is 81.4 Å². The summed E-state index contributed by atoms with van der Waals surface area (Å²) in [5.41, 5.74) is 0.952. The van der Waals surface area contributed by atoms with E-state index in [0.29, 0.717) is 5.75 Å². The molecule has 0 unspecified atom stereocenters. The van der Waals surface area contributed by atoms with E-state index in [2.05, 4.69) is 30.8 Å². The zero-order chi connectivity index (χ0) is 13.0. The maximum Gasteiger partial charge on any atom is 0.209 e. The van der Waals surface area contributed by atoms with E-state index in [0.717, 1.165) is 29.0 Å². The van der Waals surface area contributed by atoms with Crippen molar-refractivity contribution in [3.8, 4) is 0 Å². The van der Waals surface area contributed by atoms with Gasteiger partial charge in [0.15, 0.2) is 0 Å². The van der Waals surface area contributed by atoms with Gasteiger partial charge in [0.25, 0.3) is 0 Å². The zero-order valence-electron chi connectivity index (χ0n) is 10.6. The van der Waals surface area contributed by atoms with E-state index < -0.39 is 0 Å². The van der Waals surface area contributed by atoms with Gasteiger partial charge < -0.3 is 5.32 Å². The first-order chi connectivity index (χ1) is 8.69. The van der Waals surface area contributed by atoms with Gasteiger partial charge in [-0.2, -0.15) is 0 Å². The Morgan fingerprint density at radius 3 is 2.89 bits per heavy atom. The molecule has 0 spiro atoms.